The molecule has 4 aromatic rings. The van der Waals surface area contributed by atoms with Crippen LogP contribution in [0.3, 0.4) is 0 Å². The van der Waals surface area contributed by atoms with E-state index in [1.165, 1.54) is 0 Å². The number of benzene rings is 2. The fourth-order valence-electron chi connectivity index (χ4n) is 3.15. The van der Waals surface area contributed by atoms with Gasteiger partial charge in [-0.15, -0.1) is 0 Å². The number of rotatable bonds is 6. The zero-order chi connectivity index (χ0) is 17.8. The number of carbonyl (C=O) groups excluding carboxylic acids is 1. The molecule has 0 amide bonds. The summed E-state index contributed by atoms with van der Waals surface area (Å²) in [5, 5.41) is 4.32. The number of H-pyrrole nitrogens is 1. The summed E-state index contributed by atoms with van der Waals surface area (Å²) < 4.78 is 0. The number of carbonyl (C=O) groups is 1. The van der Waals surface area contributed by atoms with Crippen molar-refractivity contribution in [1.29, 1.82) is 0 Å². The van der Waals surface area contributed by atoms with E-state index in [-0.39, 0.29) is 5.78 Å². The minimum Gasteiger partial charge on any atom is -0.360 e. The number of aromatic nitrogens is 2. The van der Waals surface area contributed by atoms with E-state index >= 15 is 0 Å². The molecule has 2 aromatic heterocycles. The molecule has 0 aliphatic heterocycles. The summed E-state index contributed by atoms with van der Waals surface area (Å²) in [7, 11) is 0. The molecule has 0 aliphatic rings. The van der Waals surface area contributed by atoms with Crippen molar-refractivity contribution in [2.24, 2.45) is 0 Å². The number of hydrogen-bond acceptors (Lipinski definition) is 3. The van der Waals surface area contributed by atoms with Crippen LogP contribution in [0.5, 0.6) is 0 Å². The van der Waals surface area contributed by atoms with E-state index in [1.54, 1.807) is 12.4 Å². The molecule has 0 aliphatic carbocycles. The molecule has 2 heterocycles. The van der Waals surface area contributed by atoms with Gasteiger partial charge in [0.2, 0.25) is 0 Å². The van der Waals surface area contributed by atoms with Gasteiger partial charge in [-0.3, -0.25) is 15.1 Å². The Morgan fingerprint density at radius 3 is 2.54 bits per heavy atom. The number of nitrogens with one attached hydrogen (secondary N) is 2. The number of fused-ring (bicyclic) bond motifs is 1. The van der Waals surface area contributed by atoms with Gasteiger partial charge >= 0.3 is 0 Å². The van der Waals surface area contributed by atoms with Crippen molar-refractivity contribution in [2.45, 2.75) is 12.6 Å². The van der Waals surface area contributed by atoms with E-state index in [4.69, 9.17) is 0 Å². The maximum atomic E-state index is 13.3. The summed E-state index contributed by atoms with van der Waals surface area (Å²) in [4.78, 5) is 20.9. The maximum absolute atomic E-state index is 13.3. The van der Waals surface area contributed by atoms with Crippen LogP contribution in [-0.4, -0.2) is 15.8 Å². The van der Waals surface area contributed by atoms with E-state index in [2.05, 4.69) is 15.3 Å². The molecule has 0 fully saturated rings. The molecule has 4 rings (SSSR count). The van der Waals surface area contributed by atoms with E-state index in [0.29, 0.717) is 12.1 Å². The third-order valence-corrected chi connectivity index (χ3v) is 4.46. The average Bonchev–Trinajstić information content (AvgIpc) is 3.14. The van der Waals surface area contributed by atoms with Gasteiger partial charge in [0, 0.05) is 35.4 Å². The first-order chi connectivity index (χ1) is 12.8. The molecule has 0 saturated heterocycles. The molecular weight excluding hydrogens is 322 g/mol. The van der Waals surface area contributed by atoms with Gasteiger partial charge in [-0.05, 0) is 23.8 Å². The normalized spacial score (nSPS) is 12.2. The molecule has 1 unspecified atom stereocenters. The standard InChI is InChI=1S/C22H19N3O/c26-22(19-15-24-20-12-5-4-11-18(19)20)21(16-8-2-1-3-9-16)25-14-17-10-6-7-13-23-17/h1-13,15,21,24-25H,14H2. The van der Waals surface area contributed by atoms with Crippen LogP contribution in [0.4, 0.5) is 0 Å². The molecule has 2 N–H and O–H groups in total. The summed E-state index contributed by atoms with van der Waals surface area (Å²) in [6.45, 7) is 0.522. The first-order valence-electron chi connectivity index (χ1n) is 8.61. The second kappa shape index (κ2) is 7.33. The number of nitrogens with zero attached hydrogens (tertiary/aromatic N) is 1. The molecule has 128 valence electrons. The molecule has 0 radical (unpaired) electrons. The Balaban J connectivity index is 1.67. The van der Waals surface area contributed by atoms with Crippen molar-refractivity contribution in [1.82, 2.24) is 15.3 Å². The third-order valence-electron chi connectivity index (χ3n) is 4.46. The van der Waals surface area contributed by atoms with Crippen LogP contribution < -0.4 is 5.32 Å². The van der Waals surface area contributed by atoms with Gasteiger partial charge in [0.05, 0.1) is 11.7 Å². The van der Waals surface area contributed by atoms with Crippen molar-refractivity contribution in [3.63, 3.8) is 0 Å². The van der Waals surface area contributed by atoms with E-state index < -0.39 is 6.04 Å². The van der Waals surface area contributed by atoms with Crippen molar-refractivity contribution >= 4 is 16.7 Å². The number of hydrogen-bond donors (Lipinski definition) is 2. The number of ketones is 1. The lowest BCUT2D eigenvalue weighted by Crippen LogP contribution is -2.28. The van der Waals surface area contributed by atoms with E-state index in [1.807, 2.05) is 72.8 Å². The molecule has 4 heteroatoms. The van der Waals surface area contributed by atoms with Crippen LogP contribution in [0.1, 0.15) is 27.7 Å². The zero-order valence-corrected chi connectivity index (χ0v) is 14.2. The monoisotopic (exact) mass is 341 g/mol. The Bertz CT molecular complexity index is 1010. The second-order valence-electron chi connectivity index (χ2n) is 6.16. The highest BCUT2D eigenvalue weighted by Crippen LogP contribution is 2.25. The minimum absolute atomic E-state index is 0.0459. The minimum atomic E-state index is -0.433. The molecule has 2 aromatic carbocycles. The highest BCUT2D eigenvalue weighted by molar-refractivity contribution is 6.10. The summed E-state index contributed by atoms with van der Waals surface area (Å²) in [6, 6.07) is 23.0. The average molecular weight is 341 g/mol. The quantitative estimate of drug-likeness (QED) is 0.515. The maximum Gasteiger partial charge on any atom is 0.186 e. The molecule has 4 nitrogen and oxygen atoms in total. The van der Waals surface area contributed by atoms with Gasteiger partial charge < -0.3 is 4.98 Å². The highest BCUT2D eigenvalue weighted by Gasteiger charge is 2.24. The molecule has 0 saturated carbocycles. The number of para-hydroxylation sites is 1. The van der Waals surface area contributed by atoms with Crippen LogP contribution in [0.25, 0.3) is 10.9 Å². The molecule has 0 bridgehead atoms. The Kier molecular flexibility index (Phi) is 4.58. The first-order valence-corrected chi connectivity index (χ1v) is 8.61. The number of Topliss-reactive ketones (excluding diaryl/α,β-unsaturated/α-hetero) is 1. The molecule has 1 atom stereocenters. The summed E-state index contributed by atoms with van der Waals surface area (Å²) in [5.74, 6) is 0.0459. The Morgan fingerprint density at radius 1 is 0.962 bits per heavy atom. The Hall–Kier alpha value is -3.24. The van der Waals surface area contributed by atoms with Crippen LogP contribution >= 0.6 is 0 Å². The first kappa shape index (κ1) is 16.2. The summed E-state index contributed by atoms with van der Waals surface area (Å²) in [6.07, 6.45) is 3.56. The van der Waals surface area contributed by atoms with Crippen molar-refractivity contribution < 1.29 is 4.79 Å². The lowest BCUT2D eigenvalue weighted by atomic mass is 9.97. The predicted octanol–water partition coefficient (Wildman–Crippen LogP) is 4.28. The second-order valence-corrected chi connectivity index (χ2v) is 6.16. The lowest BCUT2D eigenvalue weighted by Gasteiger charge is -2.18. The van der Waals surface area contributed by atoms with Gasteiger partial charge in [-0.2, -0.15) is 0 Å². The molecular formula is C22H19N3O. The summed E-state index contributed by atoms with van der Waals surface area (Å²) >= 11 is 0. The Labute approximate surface area is 151 Å². The fourth-order valence-corrected chi connectivity index (χ4v) is 3.15. The van der Waals surface area contributed by atoms with E-state index in [0.717, 1.165) is 22.2 Å². The zero-order valence-electron chi connectivity index (χ0n) is 14.2. The SMILES string of the molecule is O=C(c1c[nH]c2ccccc12)C(NCc1ccccn1)c1ccccc1. The third kappa shape index (κ3) is 3.27. The largest absolute Gasteiger partial charge is 0.360 e. The van der Waals surface area contributed by atoms with Gasteiger partial charge in [-0.25, -0.2) is 0 Å². The van der Waals surface area contributed by atoms with Crippen molar-refractivity contribution in [3.05, 3.63) is 102 Å². The number of aromatic amines is 1. The topological polar surface area (TPSA) is 57.8 Å². The van der Waals surface area contributed by atoms with Gasteiger partial charge in [0.1, 0.15) is 0 Å². The smallest absolute Gasteiger partial charge is 0.186 e. The molecule has 26 heavy (non-hydrogen) atoms. The summed E-state index contributed by atoms with van der Waals surface area (Å²) in [5.41, 5.74) is 3.51. The van der Waals surface area contributed by atoms with Gasteiger partial charge in [-0.1, -0.05) is 54.6 Å². The number of pyridine rings is 1. The van der Waals surface area contributed by atoms with Crippen molar-refractivity contribution in [3.8, 4) is 0 Å². The van der Waals surface area contributed by atoms with Crippen molar-refractivity contribution in [2.75, 3.05) is 0 Å². The van der Waals surface area contributed by atoms with Gasteiger partial charge in [0.15, 0.2) is 5.78 Å². The van der Waals surface area contributed by atoms with E-state index in [9.17, 15) is 4.79 Å². The van der Waals surface area contributed by atoms with Crippen LogP contribution in [0.2, 0.25) is 0 Å². The molecule has 0 spiro atoms. The van der Waals surface area contributed by atoms with Crippen LogP contribution in [0, 0.1) is 0 Å². The highest BCUT2D eigenvalue weighted by atomic mass is 16.1. The van der Waals surface area contributed by atoms with Gasteiger partial charge in [0.25, 0.3) is 0 Å². The Morgan fingerprint density at radius 2 is 1.73 bits per heavy atom. The van der Waals surface area contributed by atoms with Crippen LogP contribution in [-0.2, 0) is 6.54 Å². The fraction of sp³-hybridized carbons (Fsp3) is 0.0909. The van der Waals surface area contributed by atoms with Crippen LogP contribution in [0.15, 0.2) is 85.2 Å². The predicted molar refractivity (Wildman–Crippen MR) is 103 cm³/mol. The lowest BCUT2D eigenvalue weighted by molar-refractivity contribution is 0.0943.